The van der Waals surface area contributed by atoms with Crippen LogP contribution in [0.5, 0.6) is 0 Å². The first-order chi connectivity index (χ1) is 11.2. The molecule has 2 aliphatic rings. The molecule has 6 heteroatoms. The molecular formula is C17H27N5O. The summed E-state index contributed by atoms with van der Waals surface area (Å²) in [5.74, 6) is 1.33. The lowest BCUT2D eigenvalue weighted by atomic mass is 9.84. The van der Waals surface area contributed by atoms with Gasteiger partial charge < -0.3 is 15.1 Å². The largest absolute Gasteiger partial charge is 0.357 e. The van der Waals surface area contributed by atoms with E-state index in [1.165, 1.54) is 25.8 Å². The monoisotopic (exact) mass is 317 g/mol. The number of carbonyl (C=O) groups is 1. The first-order valence-electron chi connectivity index (χ1n) is 8.68. The predicted molar refractivity (Wildman–Crippen MR) is 90.5 cm³/mol. The molecule has 3 heterocycles. The molecule has 2 fully saturated rings. The van der Waals surface area contributed by atoms with Crippen LogP contribution in [0.3, 0.4) is 0 Å². The molecule has 1 atom stereocenters. The fourth-order valence-corrected chi connectivity index (χ4v) is 3.93. The third kappa shape index (κ3) is 3.63. The molecular weight excluding hydrogens is 290 g/mol. The van der Waals surface area contributed by atoms with Gasteiger partial charge in [0, 0.05) is 38.6 Å². The van der Waals surface area contributed by atoms with Gasteiger partial charge in [0.25, 0.3) is 5.91 Å². The molecule has 1 aromatic heterocycles. The summed E-state index contributed by atoms with van der Waals surface area (Å²) >= 11 is 0. The van der Waals surface area contributed by atoms with Crippen LogP contribution in [0.15, 0.2) is 12.4 Å². The molecule has 1 amide bonds. The number of nitrogens with zero attached hydrogens (tertiary/aromatic N) is 4. The van der Waals surface area contributed by atoms with Crippen LogP contribution in [0.2, 0.25) is 0 Å². The highest BCUT2D eigenvalue weighted by molar-refractivity contribution is 5.93. The van der Waals surface area contributed by atoms with E-state index >= 15 is 0 Å². The van der Waals surface area contributed by atoms with Crippen LogP contribution in [0.4, 0.5) is 5.95 Å². The van der Waals surface area contributed by atoms with Crippen molar-refractivity contribution in [2.45, 2.75) is 38.1 Å². The normalized spacial score (nSPS) is 23.7. The summed E-state index contributed by atoms with van der Waals surface area (Å²) in [6.45, 7) is 2.92. The third-order valence-corrected chi connectivity index (χ3v) is 5.32. The standard InChI is InChI=1S/C17H27N5O/c1-18-17-19-11-14(12-20-17)16(23)22-9-6-13(7-10-22)15-5-3-4-8-21(15)2/h11-13,15H,3-10H2,1-2H3,(H,18,19,20)/t15-/m1/s1. The van der Waals surface area contributed by atoms with Gasteiger partial charge in [0.05, 0.1) is 5.56 Å². The lowest BCUT2D eigenvalue weighted by Crippen LogP contribution is -2.47. The van der Waals surface area contributed by atoms with Crippen LogP contribution in [0.1, 0.15) is 42.5 Å². The van der Waals surface area contributed by atoms with E-state index in [4.69, 9.17) is 0 Å². The van der Waals surface area contributed by atoms with Crippen molar-refractivity contribution >= 4 is 11.9 Å². The van der Waals surface area contributed by atoms with Gasteiger partial charge in [0.1, 0.15) is 0 Å². The number of nitrogens with one attached hydrogen (secondary N) is 1. The Morgan fingerprint density at radius 2 is 1.83 bits per heavy atom. The molecule has 0 saturated carbocycles. The molecule has 2 aliphatic heterocycles. The minimum Gasteiger partial charge on any atom is -0.357 e. The predicted octanol–water partition coefficient (Wildman–Crippen LogP) is 1.85. The molecule has 0 spiro atoms. The van der Waals surface area contributed by atoms with Crippen molar-refractivity contribution < 1.29 is 4.79 Å². The average Bonchev–Trinajstić information content (AvgIpc) is 2.62. The van der Waals surface area contributed by atoms with Gasteiger partial charge in [-0.25, -0.2) is 9.97 Å². The number of carbonyl (C=O) groups excluding carboxylic acids is 1. The topological polar surface area (TPSA) is 61.4 Å². The van der Waals surface area contributed by atoms with Gasteiger partial charge in [-0.2, -0.15) is 0 Å². The highest BCUT2D eigenvalue weighted by Crippen LogP contribution is 2.29. The summed E-state index contributed by atoms with van der Waals surface area (Å²) < 4.78 is 0. The maximum atomic E-state index is 12.6. The van der Waals surface area contributed by atoms with Crippen LogP contribution in [-0.2, 0) is 0 Å². The Labute approximate surface area is 138 Å². The van der Waals surface area contributed by atoms with Crippen LogP contribution >= 0.6 is 0 Å². The summed E-state index contributed by atoms with van der Waals surface area (Å²) in [4.78, 5) is 25.3. The van der Waals surface area contributed by atoms with E-state index in [1.807, 2.05) is 4.90 Å². The number of likely N-dealkylation sites (tertiary alicyclic amines) is 2. The Hall–Kier alpha value is -1.69. The van der Waals surface area contributed by atoms with Crippen molar-refractivity contribution in [2.24, 2.45) is 5.92 Å². The van der Waals surface area contributed by atoms with Crippen LogP contribution in [-0.4, -0.2) is 65.4 Å². The number of aromatic nitrogens is 2. The van der Waals surface area contributed by atoms with Gasteiger partial charge in [-0.15, -0.1) is 0 Å². The Bertz CT molecular complexity index is 524. The van der Waals surface area contributed by atoms with E-state index in [0.29, 0.717) is 17.6 Å². The van der Waals surface area contributed by atoms with Crippen LogP contribution in [0.25, 0.3) is 0 Å². The average molecular weight is 317 g/mol. The minimum atomic E-state index is 0.0584. The molecule has 0 unspecified atom stereocenters. The molecule has 6 nitrogen and oxygen atoms in total. The number of piperidine rings is 2. The van der Waals surface area contributed by atoms with Crippen molar-refractivity contribution in [1.82, 2.24) is 19.8 Å². The molecule has 0 aliphatic carbocycles. The summed E-state index contributed by atoms with van der Waals surface area (Å²) in [5.41, 5.74) is 0.581. The maximum Gasteiger partial charge on any atom is 0.256 e. The first-order valence-corrected chi connectivity index (χ1v) is 8.68. The Morgan fingerprint density at radius 1 is 1.13 bits per heavy atom. The minimum absolute atomic E-state index is 0.0584. The summed E-state index contributed by atoms with van der Waals surface area (Å²) in [7, 11) is 4.02. The Kier molecular flexibility index (Phi) is 5.10. The van der Waals surface area contributed by atoms with Crippen molar-refractivity contribution in [2.75, 3.05) is 39.0 Å². The quantitative estimate of drug-likeness (QED) is 0.922. The van der Waals surface area contributed by atoms with Gasteiger partial charge in [-0.1, -0.05) is 6.42 Å². The highest BCUT2D eigenvalue weighted by atomic mass is 16.2. The molecule has 1 N–H and O–H groups in total. The Balaban J connectivity index is 1.56. The maximum absolute atomic E-state index is 12.6. The first kappa shape index (κ1) is 16.2. The molecule has 0 radical (unpaired) electrons. The van der Waals surface area contributed by atoms with Gasteiger partial charge in [0.15, 0.2) is 0 Å². The Morgan fingerprint density at radius 3 is 2.43 bits per heavy atom. The van der Waals surface area contributed by atoms with E-state index in [1.54, 1.807) is 19.4 Å². The smallest absolute Gasteiger partial charge is 0.256 e. The second kappa shape index (κ2) is 7.25. The zero-order valence-electron chi connectivity index (χ0n) is 14.2. The molecule has 1 aromatic rings. The van der Waals surface area contributed by atoms with Gasteiger partial charge >= 0.3 is 0 Å². The lowest BCUT2D eigenvalue weighted by molar-refractivity contribution is 0.0554. The van der Waals surface area contributed by atoms with Crippen molar-refractivity contribution in [3.8, 4) is 0 Å². The zero-order valence-corrected chi connectivity index (χ0v) is 14.2. The molecule has 3 rings (SSSR count). The zero-order chi connectivity index (χ0) is 16.2. The molecule has 126 valence electrons. The lowest BCUT2D eigenvalue weighted by Gasteiger charge is -2.42. The van der Waals surface area contributed by atoms with Crippen LogP contribution in [0, 0.1) is 5.92 Å². The number of rotatable bonds is 3. The van der Waals surface area contributed by atoms with Crippen molar-refractivity contribution in [3.05, 3.63) is 18.0 Å². The number of anilines is 1. The number of hydrogen-bond acceptors (Lipinski definition) is 5. The van der Waals surface area contributed by atoms with Gasteiger partial charge in [0.2, 0.25) is 5.95 Å². The van der Waals surface area contributed by atoms with E-state index in [0.717, 1.165) is 31.8 Å². The van der Waals surface area contributed by atoms with Crippen molar-refractivity contribution in [1.29, 1.82) is 0 Å². The molecule has 0 bridgehead atoms. The summed E-state index contributed by atoms with van der Waals surface area (Å²) in [5, 5.41) is 2.87. The van der Waals surface area contributed by atoms with E-state index in [9.17, 15) is 4.79 Å². The fraction of sp³-hybridized carbons (Fsp3) is 0.706. The van der Waals surface area contributed by atoms with Crippen molar-refractivity contribution in [3.63, 3.8) is 0 Å². The second-order valence-corrected chi connectivity index (χ2v) is 6.72. The molecule has 2 saturated heterocycles. The van der Waals surface area contributed by atoms with E-state index in [-0.39, 0.29) is 5.91 Å². The highest BCUT2D eigenvalue weighted by Gasteiger charge is 2.32. The second-order valence-electron chi connectivity index (χ2n) is 6.72. The third-order valence-electron chi connectivity index (χ3n) is 5.32. The molecule has 0 aromatic carbocycles. The van der Waals surface area contributed by atoms with Gasteiger partial charge in [-0.05, 0) is 45.2 Å². The number of hydrogen-bond donors (Lipinski definition) is 1. The fourth-order valence-electron chi connectivity index (χ4n) is 3.93. The van der Waals surface area contributed by atoms with Gasteiger partial charge in [-0.3, -0.25) is 4.79 Å². The van der Waals surface area contributed by atoms with E-state index < -0.39 is 0 Å². The molecule has 23 heavy (non-hydrogen) atoms. The van der Waals surface area contributed by atoms with Crippen LogP contribution < -0.4 is 5.32 Å². The summed E-state index contributed by atoms with van der Waals surface area (Å²) in [6.07, 6.45) is 9.43. The summed E-state index contributed by atoms with van der Waals surface area (Å²) in [6, 6.07) is 0.708. The SMILES string of the molecule is CNc1ncc(C(=O)N2CCC([C@H]3CCCCN3C)CC2)cn1. The van der Waals surface area contributed by atoms with E-state index in [2.05, 4.69) is 27.2 Å². The number of amides is 1.